The molecule has 0 aliphatic carbocycles. The molecule has 9 heteroatoms. The van der Waals surface area contributed by atoms with Gasteiger partial charge in [-0.25, -0.2) is 14.5 Å². The fourth-order valence-corrected chi connectivity index (χ4v) is 5.91. The van der Waals surface area contributed by atoms with E-state index >= 15 is 0 Å². The standard InChI is InChI=1S/C40H30O8S/c41-39(42)37-22-13-30(28-9-5-2-6-10-28)24-38(37)40(43)47-33-14-18-35(19-15-33)49-36-20-16-34(17-21-36)48-46-26-32-23-29(11-12-31(32)25-45-44)27-7-3-1-4-8-27/h1-24,44H,25-26H2,(H,41,42). The Hall–Kier alpha value is -5.71. The van der Waals surface area contributed by atoms with E-state index in [4.69, 9.17) is 19.8 Å². The van der Waals surface area contributed by atoms with Crippen LogP contribution in [0, 0.1) is 0 Å². The number of esters is 1. The van der Waals surface area contributed by atoms with E-state index in [1.54, 1.807) is 30.3 Å². The lowest BCUT2D eigenvalue weighted by Crippen LogP contribution is -2.14. The number of benzene rings is 6. The highest BCUT2D eigenvalue weighted by Gasteiger charge is 2.20. The molecule has 244 valence electrons. The number of carbonyl (C=O) groups is 2. The first-order valence-corrected chi connectivity index (χ1v) is 16.0. The Kier molecular flexibility index (Phi) is 10.8. The van der Waals surface area contributed by atoms with E-state index < -0.39 is 11.9 Å². The molecule has 8 nitrogen and oxygen atoms in total. The van der Waals surface area contributed by atoms with Crippen LogP contribution in [-0.2, 0) is 23.0 Å². The quantitative estimate of drug-likeness (QED) is 0.0537. The molecule has 0 radical (unpaired) electrons. The van der Waals surface area contributed by atoms with Gasteiger partial charge in [0.2, 0.25) is 0 Å². The summed E-state index contributed by atoms with van der Waals surface area (Å²) < 4.78 is 5.56. The summed E-state index contributed by atoms with van der Waals surface area (Å²) >= 11 is 1.50. The lowest BCUT2D eigenvalue weighted by atomic mass is 9.99. The number of hydrogen-bond acceptors (Lipinski definition) is 8. The van der Waals surface area contributed by atoms with Crippen LogP contribution in [0.25, 0.3) is 22.3 Å². The van der Waals surface area contributed by atoms with E-state index in [0.29, 0.717) is 17.1 Å². The summed E-state index contributed by atoms with van der Waals surface area (Å²) in [6.07, 6.45) is 0. The van der Waals surface area contributed by atoms with Gasteiger partial charge >= 0.3 is 11.9 Å². The molecule has 0 fully saturated rings. The fourth-order valence-electron chi connectivity index (χ4n) is 5.09. The predicted molar refractivity (Wildman–Crippen MR) is 186 cm³/mol. The Balaban J connectivity index is 1.05. The maximum atomic E-state index is 13.1. The van der Waals surface area contributed by atoms with Gasteiger partial charge in [0, 0.05) is 9.79 Å². The normalized spacial score (nSPS) is 10.8. The monoisotopic (exact) mass is 670 g/mol. The first-order chi connectivity index (χ1) is 24.0. The van der Waals surface area contributed by atoms with Crippen LogP contribution in [0.3, 0.4) is 0 Å². The molecule has 0 saturated carbocycles. The molecule has 0 atom stereocenters. The molecule has 0 saturated heterocycles. The van der Waals surface area contributed by atoms with E-state index in [1.165, 1.54) is 23.9 Å². The molecule has 0 amide bonds. The van der Waals surface area contributed by atoms with Crippen molar-refractivity contribution in [2.75, 3.05) is 0 Å². The summed E-state index contributed by atoms with van der Waals surface area (Å²) in [6, 6.07) is 44.1. The van der Waals surface area contributed by atoms with Gasteiger partial charge in [-0.3, -0.25) is 5.26 Å². The lowest BCUT2D eigenvalue weighted by molar-refractivity contribution is -0.253. The number of carbonyl (C=O) groups excluding carboxylic acids is 1. The van der Waals surface area contributed by atoms with E-state index in [-0.39, 0.29) is 24.3 Å². The van der Waals surface area contributed by atoms with E-state index in [2.05, 4.69) is 4.89 Å². The first-order valence-electron chi connectivity index (χ1n) is 15.2. The van der Waals surface area contributed by atoms with Gasteiger partial charge in [0.05, 0.1) is 11.1 Å². The highest BCUT2D eigenvalue weighted by Crippen LogP contribution is 2.31. The Morgan fingerprint density at radius 1 is 0.551 bits per heavy atom. The zero-order chi connectivity index (χ0) is 34.0. The number of rotatable bonds is 13. The van der Waals surface area contributed by atoms with Crippen molar-refractivity contribution in [2.45, 2.75) is 23.0 Å². The van der Waals surface area contributed by atoms with E-state index in [1.807, 2.05) is 103 Å². The van der Waals surface area contributed by atoms with Crippen molar-refractivity contribution < 1.29 is 39.4 Å². The molecule has 0 unspecified atom stereocenters. The summed E-state index contributed by atoms with van der Waals surface area (Å²) in [4.78, 5) is 42.2. The third-order valence-electron chi connectivity index (χ3n) is 7.57. The molecule has 6 aromatic carbocycles. The molecule has 0 heterocycles. The largest absolute Gasteiger partial charge is 0.478 e. The van der Waals surface area contributed by atoms with Crippen molar-refractivity contribution in [1.82, 2.24) is 0 Å². The number of hydrogen-bond donors (Lipinski definition) is 2. The van der Waals surface area contributed by atoms with Crippen molar-refractivity contribution in [3.8, 4) is 33.8 Å². The fraction of sp³-hybridized carbons (Fsp3) is 0.0500. The molecule has 6 aromatic rings. The average molecular weight is 671 g/mol. The lowest BCUT2D eigenvalue weighted by Gasteiger charge is -2.12. The first kappa shape index (κ1) is 33.2. The van der Waals surface area contributed by atoms with Crippen LogP contribution in [-0.4, -0.2) is 22.3 Å². The second-order valence-corrected chi connectivity index (χ2v) is 12.0. The van der Waals surface area contributed by atoms with Crippen molar-refractivity contribution >= 4 is 23.7 Å². The van der Waals surface area contributed by atoms with E-state index in [0.717, 1.165) is 37.6 Å². The number of carboxylic acids is 1. The summed E-state index contributed by atoms with van der Waals surface area (Å²) in [6.45, 7) is 0.167. The van der Waals surface area contributed by atoms with Gasteiger partial charge in [0.25, 0.3) is 0 Å². The minimum Gasteiger partial charge on any atom is -0.478 e. The number of ether oxygens (including phenoxy) is 1. The molecule has 6 rings (SSSR count). The molecule has 49 heavy (non-hydrogen) atoms. The van der Waals surface area contributed by atoms with Crippen molar-refractivity contribution in [1.29, 1.82) is 0 Å². The maximum absolute atomic E-state index is 13.1. The minimum atomic E-state index is -1.21. The molecule has 0 aliphatic heterocycles. The summed E-state index contributed by atoms with van der Waals surface area (Å²) in [5, 5.41) is 18.7. The van der Waals surface area contributed by atoms with Crippen LogP contribution in [0.4, 0.5) is 0 Å². The minimum absolute atomic E-state index is 0.0252. The molecule has 0 bridgehead atoms. The molecule has 0 aromatic heterocycles. The molecule has 0 aliphatic rings. The molecular formula is C40H30O8S. The average Bonchev–Trinajstić information content (AvgIpc) is 3.14. The van der Waals surface area contributed by atoms with Gasteiger partial charge in [-0.15, -0.1) is 0 Å². The molecular weight excluding hydrogens is 640 g/mol. The summed E-state index contributed by atoms with van der Waals surface area (Å²) in [5.74, 6) is -1.16. The highest BCUT2D eigenvalue weighted by atomic mass is 32.2. The summed E-state index contributed by atoms with van der Waals surface area (Å²) in [7, 11) is 0. The highest BCUT2D eigenvalue weighted by molar-refractivity contribution is 7.99. The molecule has 0 spiro atoms. The van der Waals surface area contributed by atoms with Crippen LogP contribution in [0.1, 0.15) is 31.8 Å². The third-order valence-corrected chi connectivity index (χ3v) is 8.59. The van der Waals surface area contributed by atoms with Gasteiger partial charge in [-0.2, -0.15) is 4.89 Å². The van der Waals surface area contributed by atoms with Crippen molar-refractivity contribution in [2.24, 2.45) is 0 Å². The van der Waals surface area contributed by atoms with Crippen LogP contribution in [0.15, 0.2) is 155 Å². The van der Waals surface area contributed by atoms with Crippen LogP contribution >= 0.6 is 11.8 Å². The predicted octanol–water partition coefficient (Wildman–Crippen LogP) is 9.59. The second-order valence-electron chi connectivity index (χ2n) is 10.8. The van der Waals surface area contributed by atoms with E-state index in [9.17, 15) is 14.7 Å². The Bertz CT molecular complexity index is 2030. The van der Waals surface area contributed by atoms with Crippen LogP contribution < -0.4 is 9.62 Å². The zero-order valence-electron chi connectivity index (χ0n) is 26.0. The number of carboxylic acid groups (broad SMARTS) is 1. The summed E-state index contributed by atoms with van der Waals surface area (Å²) in [5.41, 5.74) is 5.07. The Morgan fingerprint density at radius 3 is 1.71 bits per heavy atom. The van der Waals surface area contributed by atoms with Gasteiger partial charge < -0.3 is 14.7 Å². The van der Waals surface area contributed by atoms with Gasteiger partial charge in [-0.05, 0) is 100 Å². The number of aromatic carboxylic acids is 1. The molecule has 2 N–H and O–H groups in total. The van der Waals surface area contributed by atoms with Gasteiger partial charge in [0.15, 0.2) is 5.75 Å². The maximum Gasteiger partial charge on any atom is 0.344 e. The van der Waals surface area contributed by atoms with Crippen molar-refractivity contribution in [3.63, 3.8) is 0 Å². The Labute approximate surface area is 287 Å². The van der Waals surface area contributed by atoms with Crippen molar-refractivity contribution in [3.05, 3.63) is 168 Å². The van der Waals surface area contributed by atoms with Gasteiger partial charge in [0.1, 0.15) is 19.0 Å². The van der Waals surface area contributed by atoms with Crippen LogP contribution in [0.5, 0.6) is 11.5 Å². The topological polar surface area (TPSA) is 112 Å². The zero-order valence-corrected chi connectivity index (χ0v) is 26.8. The second kappa shape index (κ2) is 15.9. The van der Waals surface area contributed by atoms with Gasteiger partial charge in [-0.1, -0.05) is 90.6 Å². The van der Waals surface area contributed by atoms with Crippen LogP contribution in [0.2, 0.25) is 0 Å². The smallest absolute Gasteiger partial charge is 0.344 e. The Morgan fingerprint density at radius 2 is 1.12 bits per heavy atom. The SMILES string of the molecule is O=C(O)c1ccc(-c2ccccc2)cc1C(=O)Oc1ccc(Sc2ccc(OOCc3cc(-c4ccccc4)ccc3COO)cc2)cc1. The third kappa shape index (κ3) is 8.61.